The highest BCUT2D eigenvalue weighted by Gasteiger charge is 2.21. The van der Waals surface area contributed by atoms with Gasteiger partial charge < -0.3 is 20.6 Å². The van der Waals surface area contributed by atoms with E-state index in [0.29, 0.717) is 0 Å². The van der Waals surface area contributed by atoms with Crippen molar-refractivity contribution in [2.24, 2.45) is 0 Å². The van der Waals surface area contributed by atoms with E-state index in [2.05, 4.69) is 5.32 Å². The summed E-state index contributed by atoms with van der Waals surface area (Å²) in [5.41, 5.74) is -1.90. The number of aliphatic hydroxyl groups is 2. The molecule has 1 atom stereocenters. The number of carbonyl (C=O) groups is 1. The number of benzene rings is 1. The summed E-state index contributed by atoms with van der Waals surface area (Å²) >= 11 is 0. The van der Waals surface area contributed by atoms with E-state index in [4.69, 9.17) is 10.2 Å². The maximum atomic E-state index is 11.0. The Kier molecular flexibility index (Phi) is 4.41. The van der Waals surface area contributed by atoms with Gasteiger partial charge in [0.1, 0.15) is 5.60 Å². The molecule has 0 saturated carbocycles. The molecule has 8 heteroatoms. The molecule has 0 bridgehead atoms. The number of nitro groups is 1. The lowest BCUT2D eigenvalue weighted by Crippen LogP contribution is -2.37. The van der Waals surface area contributed by atoms with Gasteiger partial charge in [-0.3, -0.25) is 10.1 Å². The van der Waals surface area contributed by atoms with Crippen molar-refractivity contribution < 1.29 is 25.0 Å². The molecule has 4 N–H and O–H groups in total. The zero-order valence-electron chi connectivity index (χ0n) is 10.2. The van der Waals surface area contributed by atoms with E-state index in [1.807, 2.05) is 0 Å². The number of anilines is 1. The summed E-state index contributed by atoms with van der Waals surface area (Å²) in [6, 6.07) is 3.33. The van der Waals surface area contributed by atoms with Gasteiger partial charge in [0.15, 0.2) is 0 Å². The molecule has 1 rings (SSSR count). The van der Waals surface area contributed by atoms with Crippen LogP contribution < -0.4 is 5.32 Å². The Morgan fingerprint density at radius 1 is 1.53 bits per heavy atom. The maximum Gasteiger partial charge on any atom is 0.338 e. The smallest absolute Gasteiger partial charge is 0.338 e. The second-order valence-corrected chi connectivity index (χ2v) is 4.30. The number of carboxylic acid groups (broad SMARTS) is 1. The molecule has 0 amide bonds. The zero-order chi connectivity index (χ0) is 14.6. The average Bonchev–Trinajstić information content (AvgIpc) is 2.36. The first-order chi connectivity index (χ1) is 8.76. The second kappa shape index (κ2) is 5.63. The number of nitrogens with zero attached hydrogens (tertiary/aromatic N) is 1. The van der Waals surface area contributed by atoms with Crippen LogP contribution in [0.2, 0.25) is 0 Å². The molecule has 0 fully saturated rings. The summed E-state index contributed by atoms with van der Waals surface area (Å²) in [5.74, 6) is -1.32. The highest BCUT2D eigenvalue weighted by molar-refractivity contribution is 5.95. The highest BCUT2D eigenvalue weighted by Crippen LogP contribution is 2.22. The molecule has 0 aromatic heterocycles. The highest BCUT2D eigenvalue weighted by atomic mass is 16.6. The first kappa shape index (κ1) is 14.9. The summed E-state index contributed by atoms with van der Waals surface area (Å²) in [6.07, 6.45) is 0. The Balaban J connectivity index is 3.01. The van der Waals surface area contributed by atoms with E-state index < -0.39 is 23.1 Å². The summed E-state index contributed by atoms with van der Waals surface area (Å²) in [5, 5.41) is 40.7. The number of carboxylic acids is 1. The first-order valence-electron chi connectivity index (χ1n) is 5.36. The molecule has 0 aliphatic carbocycles. The summed E-state index contributed by atoms with van der Waals surface area (Å²) in [7, 11) is 0. The topological polar surface area (TPSA) is 133 Å². The average molecular weight is 270 g/mol. The van der Waals surface area contributed by atoms with Crippen molar-refractivity contribution in [3.05, 3.63) is 33.9 Å². The molecule has 19 heavy (non-hydrogen) atoms. The number of aromatic carboxylic acids is 1. The van der Waals surface area contributed by atoms with Gasteiger partial charge in [0.25, 0.3) is 5.69 Å². The largest absolute Gasteiger partial charge is 0.478 e. The molecule has 0 saturated heterocycles. The normalized spacial score (nSPS) is 13.6. The Hall–Kier alpha value is -2.19. The third kappa shape index (κ3) is 3.90. The molecule has 1 unspecified atom stereocenters. The molecule has 0 aliphatic rings. The Morgan fingerprint density at radius 3 is 2.63 bits per heavy atom. The molecule has 1 aromatic rings. The van der Waals surface area contributed by atoms with E-state index in [0.717, 1.165) is 12.1 Å². The standard InChI is InChI=1S/C11H14N2O6/c1-11(17,6-14)5-12-9-3-2-7(13(18)19)4-8(9)10(15)16/h2-4,12,14,17H,5-6H2,1H3,(H,15,16). The van der Waals surface area contributed by atoms with Gasteiger partial charge >= 0.3 is 5.97 Å². The maximum absolute atomic E-state index is 11.0. The molecule has 0 spiro atoms. The predicted molar refractivity (Wildman–Crippen MR) is 66.3 cm³/mol. The lowest BCUT2D eigenvalue weighted by atomic mass is 10.1. The van der Waals surface area contributed by atoms with Crippen molar-refractivity contribution in [2.75, 3.05) is 18.5 Å². The van der Waals surface area contributed by atoms with E-state index in [9.17, 15) is 20.0 Å². The predicted octanol–water partition coefficient (Wildman–Crippen LogP) is 0.448. The Morgan fingerprint density at radius 2 is 2.16 bits per heavy atom. The van der Waals surface area contributed by atoms with Crippen LogP contribution in [-0.2, 0) is 0 Å². The van der Waals surface area contributed by atoms with E-state index in [1.165, 1.54) is 13.0 Å². The van der Waals surface area contributed by atoms with Crippen molar-refractivity contribution >= 4 is 17.3 Å². The number of rotatable bonds is 6. The van der Waals surface area contributed by atoms with Crippen molar-refractivity contribution in [2.45, 2.75) is 12.5 Å². The quantitative estimate of drug-likeness (QED) is 0.435. The van der Waals surface area contributed by atoms with E-state index in [1.54, 1.807) is 0 Å². The number of aliphatic hydroxyl groups excluding tert-OH is 1. The third-order valence-corrected chi connectivity index (χ3v) is 2.44. The van der Waals surface area contributed by atoms with Crippen LogP contribution in [0, 0.1) is 10.1 Å². The molecule has 0 heterocycles. The SMILES string of the molecule is CC(O)(CO)CNc1ccc([N+](=O)[O-])cc1C(=O)O. The van der Waals surface area contributed by atoms with Crippen LogP contribution >= 0.6 is 0 Å². The van der Waals surface area contributed by atoms with E-state index >= 15 is 0 Å². The Labute approximate surface area is 108 Å². The molecule has 104 valence electrons. The minimum Gasteiger partial charge on any atom is -0.478 e. The Bertz CT molecular complexity index is 500. The van der Waals surface area contributed by atoms with Crippen LogP contribution in [0.3, 0.4) is 0 Å². The fourth-order valence-electron chi connectivity index (χ4n) is 1.32. The van der Waals surface area contributed by atoms with Gasteiger partial charge in [-0.1, -0.05) is 0 Å². The number of nitrogens with one attached hydrogen (secondary N) is 1. The molecule has 0 aliphatic heterocycles. The van der Waals surface area contributed by atoms with E-state index in [-0.39, 0.29) is 23.5 Å². The van der Waals surface area contributed by atoms with Crippen molar-refractivity contribution in [3.63, 3.8) is 0 Å². The molecule has 8 nitrogen and oxygen atoms in total. The lowest BCUT2D eigenvalue weighted by molar-refractivity contribution is -0.384. The minimum atomic E-state index is -1.42. The summed E-state index contributed by atoms with van der Waals surface area (Å²) < 4.78 is 0. The lowest BCUT2D eigenvalue weighted by Gasteiger charge is -2.21. The third-order valence-electron chi connectivity index (χ3n) is 2.44. The molecular weight excluding hydrogens is 256 g/mol. The number of non-ortho nitro benzene ring substituents is 1. The number of hydrogen-bond donors (Lipinski definition) is 4. The van der Waals surface area contributed by atoms with Gasteiger partial charge in [0, 0.05) is 24.4 Å². The van der Waals surface area contributed by atoms with Crippen LogP contribution in [0.25, 0.3) is 0 Å². The molecule has 1 aromatic carbocycles. The summed E-state index contributed by atoms with van der Waals surface area (Å²) in [4.78, 5) is 20.9. The van der Waals surface area contributed by atoms with Gasteiger partial charge in [-0.15, -0.1) is 0 Å². The number of nitro benzene ring substituents is 1. The molecular formula is C11H14N2O6. The van der Waals surface area contributed by atoms with Gasteiger partial charge in [-0.05, 0) is 13.0 Å². The van der Waals surface area contributed by atoms with Crippen LogP contribution in [0.4, 0.5) is 11.4 Å². The van der Waals surface area contributed by atoms with Crippen molar-refractivity contribution in [1.82, 2.24) is 0 Å². The van der Waals surface area contributed by atoms with Crippen LogP contribution in [0.1, 0.15) is 17.3 Å². The summed E-state index contributed by atoms with van der Waals surface area (Å²) in [6.45, 7) is 0.767. The molecule has 0 radical (unpaired) electrons. The van der Waals surface area contributed by atoms with Crippen molar-refractivity contribution in [3.8, 4) is 0 Å². The van der Waals surface area contributed by atoms with Gasteiger partial charge in [-0.2, -0.15) is 0 Å². The van der Waals surface area contributed by atoms with Crippen LogP contribution in [0.15, 0.2) is 18.2 Å². The van der Waals surface area contributed by atoms with Crippen LogP contribution in [-0.4, -0.2) is 45.0 Å². The first-order valence-corrected chi connectivity index (χ1v) is 5.36. The fraction of sp³-hybridized carbons (Fsp3) is 0.364. The van der Waals surface area contributed by atoms with Gasteiger partial charge in [0.2, 0.25) is 0 Å². The second-order valence-electron chi connectivity index (χ2n) is 4.30. The van der Waals surface area contributed by atoms with Gasteiger partial charge in [0.05, 0.1) is 17.1 Å². The number of hydrogen-bond acceptors (Lipinski definition) is 6. The minimum absolute atomic E-state index is 0.0956. The zero-order valence-corrected chi connectivity index (χ0v) is 10.2. The monoisotopic (exact) mass is 270 g/mol. The van der Waals surface area contributed by atoms with Gasteiger partial charge in [-0.25, -0.2) is 4.79 Å². The van der Waals surface area contributed by atoms with Crippen molar-refractivity contribution in [1.29, 1.82) is 0 Å². The van der Waals surface area contributed by atoms with Crippen LogP contribution in [0.5, 0.6) is 0 Å². The fourth-order valence-corrected chi connectivity index (χ4v) is 1.32.